The van der Waals surface area contributed by atoms with Crippen LogP contribution in [0.3, 0.4) is 0 Å². The first-order valence-electron chi connectivity index (χ1n) is 12.7. The van der Waals surface area contributed by atoms with Crippen LogP contribution in [0.1, 0.15) is 32.6 Å². The Balaban J connectivity index is 1.28. The van der Waals surface area contributed by atoms with Crippen LogP contribution < -0.4 is 9.47 Å². The number of halogens is 2. The number of ether oxygens (including phenoxy) is 3. The molecule has 0 radical (unpaired) electrons. The molecule has 3 heterocycles. The summed E-state index contributed by atoms with van der Waals surface area (Å²) in [6.45, 7) is 4.04. The minimum absolute atomic E-state index is 0.00362. The van der Waals surface area contributed by atoms with E-state index in [0.717, 1.165) is 27.0 Å². The zero-order valence-electron chi connectivity index (χ0n) is 22.3. The van der Waals surface area contributed by atoms with Crippen molar-refractivity contribution in [3.8, 4) is 11.5 Å². The van der Waals surface area contributed by atoms with Gasteiger partial charge in [-0.05, 0) is 55.3 Å². The number of nitro groups is 1. The molecule has 43 heavy (non-hydrogen) atoms. The van der Waals surface area contributed by atoms with E-state index in [1.165, 1.54) is 29.5 Å². The van der Waals surface area contributed by atoms with Crippen molar-refractivity contribution in [1.29, 1.82) is 0 Å². The van der Waals surface area contributed by atoms with Gasteiger partial charge in [0.25, 0.3) is 5.69 Å². The second-order valence-corrected chi connectivity index (χ2v) is 12.2. The number of thiophene rings is 2. The van der Waals surface area contributed by atoms with Crippen LogP contribution >= 0.6 is 45.9 Å². The highest BCUT2D eigenvalue weighted by Gasteiger charge is 2.29. The number of cyclic esters (lactones) is 1. The third kappa shape index (κ3) is 5.48. The Morgan fingerprint density at radius 2 is 1.77 bits per heavy atom. The smallest absolute Gasteiger partial charge is 0.363 e. The van der Waals surface area contributed by atoms with E-state index >= 15 is 0 Å². The van der Waals surface area contributed by atoms with Gasteiger partial charge < -0.3 is 14.2 Å². The predicted octanol–water partition coefficient (Wildman–Crippen LogP) is 8.60. The van der Waals surface area contributed by atoms with Crippen molar-refractivity contribution in [2.45, 2.75) is 13.8 Å². The molecule has 0 spiro atoms. The monoisotopic (exact) mass is 652 g/mol. The molecule has 0 aliphatic carbocycles. The number of hydrogen-bond donors (Lipinski definition) is 0. The zero-order chi connectivity index (χ0) is 30.4. The van der Waals surface area contributed by atoms with Gasteiger partial charge in [-0.2, -0.15) is 0 Å². The molecule has 2 aromatic heterocycles. The molecule has 13 heteroatoms. The van der Waals surface area contributed by atoms with Gasteiger partial charge >= 0.3 is 11.9 Å². The molecule has 0 N–H and O–H groups in total. The van der Waals surface area contributed by atoms with Gasteiger partial charge in [-0.15, -0.1) is 22.7 Å². The SMILES string of the molecule is CCOc1cc(/C=C2/N=C(c3sc4cc([N+](=O)[O-])ccc4c3Cl)OC2=O)ccc1OC(=O)c1sc2cc(C)ccc2c1Cl. The summed E-state index contributed by atoms with van der Waals surface area (Å²) >= 11 is 15.4. The molecule has 0 saturated heterocycles. The number of benzene rings is 3. The summed E-state index contributed by atoms with van der Waals surface area (Å²) in [6.07, 6.45) is 1.50. The second-order valence-electron chi connectivity index (χ2n) is 9.29. The van der Waals surface area contributed by atoms with E-state index in [1.807, 2.05) is 25.1 Å². The largest absolute Gasteiger partial charge is 0.490 e. The van der Waals surface area contributed by atoms with Crippen LogP contribution in [0.25, 0.3) is 26.2 Å². The molecule has 0 atom stereocenters. The molecule has 0 bridgehead atoms. The molecule has 3 aromatic carbocycles. The number of rotatable bonds is 7. The number of esters is 2. The number of non-ortho nitro benzene ring substituents is 1. The molecule has 0 unspecified atom stereocenters. The quantitative estimate of drug-likeness (QED) is 0.0568. The van der Waals surface area contributed by atoms with Crippen LogP contribution in [-0.2, 0) is 9.53 Å². The van der Waals surface area contributed by atoms with Gasteiger partial charge in [0.2, 0.25) is 5.90 Å². The summed E-state index contributed by atoms with van der Waals surface area (Å²) in [4.78, 5) is 41.4. The average Bonchev–Trinajstić information content (AvgIpc) is 3.62. The number of nitrogens with zero attached hydrogens (tertiary/aromatic N) is 2. The average molecular weight is 654 g/mol. The fourth-order valence-corrected chi connectivity index (χ4v) is 7.34. The maximum Gasteiger partial charge on any atom is 0.363 e. The number of aryl methyl sites for hydroxylation is 1. The summed E-state index contributed by atoms with van der Waals surface area (Å²) in [5.41, 5.74) is 1.52. The lowest BCUT2D eigenvalue weighted by atomic mass is 10.1. The molecule has 0 amide bonds. The third-order valence-corrected chi connectivity index (χ3v) is 9.67. The minimum Gasteiger partial charge on any atom is -0.490 e. The summed E-state index contributed by atoms with van der Waals surface area (Å²) in [7, 11) is 0. The van der Waals surface area contributed by atoms with E-state index in [1.54, 1.807) is 31.2 Å². The minimum atomic E-state index is -0.697. The van der Waals surface area contributed by atoms with E-state index in [-0.39, 0.29) is 38.7 Å². The molecule has 0 saturated carbocycles. The van der Waals surface area contributed by atoms with Crippen LogP contribution in [0.5, 0.6) is 11.5 Å². The van der Waals surface area contributed by atoms with E-state index in [0.29, 0.717) is 32.2 Å². The number of hydrogen-bond acceptors (Lipinski definition) is 10. The van der Waals surface area contributed by atoms with Crippen molar-refractivity contribution in [1.82, 2.24) is 0 Å². The Bertz CT molecular complexity index is 2060. The first-order valence-corrected chi connectivity index (χ1v) is 15.1. The van der Waals surface area contributed by atoms with Crippen molar-refractivity contribution >= 4 is 95.6 Å². The lowest BCUT2D eigenvalue weighted by molar-refractivity contribution is -0.384. The number of nitro benzene ring substituents is 1. The van der Waals surface area contributed by atoms with E-state index < -0.39 is 16.9 Å². The van der Waals surface area contributed by atoms with Gasteiger partial charge in [0.15, 0.2) is 17.2 Å². The molecular weight excluding hydrogens is 635 g/mol. The predicted molar refractivity (Wildman–Crippen MR) is 168 cm³/mol. The highest BCUT2D eigenvalue weighted by atomic mass is 35.5. The van der Waals surface area contributed by atoms with Crippen molar-refractivity contribution < 1.29 is 28.7 Å². The maximum absolute atomic E-state index is 13.1. The lowest BCUT2D eigenvalue weighted by Crippen LogP contribution is -2.08. The fraction of sp³-hybridized carbons (Fsp3) is 0.100. The molecule has 1 aliphatic heterocycles. The topological polar surface area (TPSA) is 117 Å². The Labute approximate surface area is 261 Å². The molecule has 216 valence electrons. The first-order chi connectivity index (χ1) is 20.6. The number of carbonyl (C=O) groups is 2. The molecule has 6 rings (SSSR count). The summed E-state index contributed by atoms with van der Waals surface area (Å²) in [6, 6.07) is 14.9. The first kappa shape index (κ1) is 28.8. The van der Waals surface area contributed by atoms with Gasteiger partial charge in [0, 0.05) is 32.3 Å². The summed E-state index contributed by atoms with van der Waals surface area (Å²) in [5.74, 6) is -0.852. The van der Waals surface area contributed by atoms with Crippen LogP contribution in [0.15, 0.2) is 65.3 Å². The molecule has 5 aromatic rings. The highest BCUT2D eigenvalue weighted by molar-refractivity contribution is 7.22. The highest BCUT2D eigenvalue weighted by Crippen LogP contribution is 2.40. The van der Waals surface area contributed by atoms with Crippen molar-refractivity contribution in [3.05, 3.63) is 101 Å². The normalized spacial score (nSPS) is 13.9. The van der Waals surface area contributed by atoms with Crippen molar-refractivity contribution in [3.63, 3.8) is 0 Å². The van der Waals surface area contributed by atoms with Gasteiger partial charge in [-0.1, -0.05) is 41.4 Å². The number of carbonyl (C=O) groups excluding carboxylic acids is 2. The van der Waals surface area contributed by atoms with Gasteiger partial charge in [-0.3, -0.25) is 10.1 Å². The maximum atomic E-state index is 13.1. The van der Waals surface area contributed by atoms with Crippen LogP contribution in [0, 0.1) is 17.0 Å². The molecule has 9 nitrogen and oxygen atoms in total. The number of aliphatic imine (C=N–C) groups is 1. The van der Waals surface area contributed by atoms with Gasteiger partial charge in [0.1, 0.15) is 9.75 Å². The Morgan fingerprint density at radius 3 is 2.53 bits per heavy atom. The molecular formula is C30H18Cl2N2O7S2. The summed E-state index contributed by atoms with van der Waals surface area (Å²) in [5, 5.41) is 13.1. The van der Waals surface area contributed by atoms with E-state index in [4.69, 9.17) is 37.4 Å². The zero-order valence-corrected chi connectivity index (χ0v) is 25.5. The van der Waals surface area contributed by atoms with Crippen LogP contribution in [-0.4, -0.2) is 29.4 Å². The van der Waals surface area contributed by atoms with Crippen molar-refractivity contribution in [2.24, 2.45) is 4.99 Å². The third-order valence-electron chi connectivity index (χ3n) is 6.38. The van der Waals surface area contributed by atoms with E-state index in [9.17, 15) is 19.7 Å². The van der Waals surface area contributed by atoms with Gasteiger partial charge in [0.05, 0.1) is 21.6 Å². The second kappa shape index (κ2) is 11.4. The van der Waals surface area contributed by atoms with Gasteiger partial charge in [-0.25, -0.2) is 14.6 Å². The van der Waals surface area contributed by atoms with Crippen LogP contribution in [0.2, 0.25) is 10.0 Å². The lowest BCUT2D eigenvalue weighted by Gasteiger charge is -2.11. The Kier molecular flexibility index (Phi) is 7.65. The number of fused-ring (bicyclic) bond motifs is 2. The molecule has 1 aliphatic rings. The van der Waals surface area contributed by atoms with Crippen LogP contribution in [0.4, 0.5) is 5.69 Å². The fourth-order valence-electron chi connectivity index (χ4n) is 4.39. The molecule has 0 fully saturated rings. The van der Waals surface area contributed by atoms with Crippen molar-refractivity contribution in [2.75, 3.05) is 6.61 Å². The van der Waals surface area contributed by atoms with E-state index in [2.05, 4.69) is 4.99 Å². The summed E-state index contributed by atoms with van der Waals surface area (Å²) < 4.78 is 18.2. The Morgan fingerprint density at radius 1 is 1.02 bits per heavy atom. The standard InChI is InChI=1S/C30H18Cl2N2O7S2/c1-3-39-21-12-15(5-9-20(21)40-30(36)27-25(32)17-7-4-14(2)10-22(17)43-27)11-19-29(35)41-28(33-19)26-24(31)18-8-6-16(34(37)38)13-23(18)42-26/h4-13H,3H2,1-2H3/b19-11+. The Hall–Kier alpha value is -4.29.